The molecule has 0 bridgehead atoms. The Labute approximate surface area is 248 Å². The lowest BCUT2D eigenvalue weighted by Crippen LogP contribution is -2.14. The van der Waals surface area contributed by atoms with Crippen LogP contribution in [0.2, 0.25) is 0 Å². The van der Waals surface area contributed by atoms with Gasteiger partial charge in [-0.15, -0.1) is 0 Å². The normalized spacial score (nSPS) is 14.6. The average molecular weight is 606 g/mol. The number of aryl methyl sites for hydroxylation is 1. The number of carbonyl (C=O) groups is 1. The molecule has 1 atom stereocenters. The second kappa shape index (κ2) is 11.6. The summed E-state index contributed by atoms with van der Waals surface area (Å²) in [5.74, 6) is 0.125. The number of pyridine rings is 1. The second-order valence-corrected chi connectivity index (χ2v) is 12.1. The van der Waals surface area contributed by atoms with Crippen LogP contribution in [0.4, 0.5) is 5.69 Å². The van der Waals surface area contributed by atoms with Gasteiger partial charge in [-0.2, -0.15) is 5.10 Å². The van der Waals surface area contributed by atoms with E-state index in [0.29, 0.717) is 47.4 Å². The number of fused-ring (bicyclic) bond motifs is 2. The van der Waals surface area contributed by atoms with E-state index in [9.17, 15) is 18.3 Å². The van der Waals surface area contributed by atoms with Crippen molar-refractivity contribution in [1.29, 1.82) is 0 Å². The zero-order valence-corrected chi connectivity index (χ0v) is 24.3. The Kier molecular flexibility index (Phi) is 7.67. The average Bonchev–Trinajstić information content (AvgIpc) is 3.63. The molecule has 12 nitrogen and oxygen atoms in total. The zero-order chi connectivity index (χ0) is 30.1. The number of nitrogens with one attached hydrogen (secondary N) is 1. The highest BCUT2D eigenvalue weighted by Gasteiger charge is 2.28. The summed E-state index contributed by atoms with van der Waals surface area (Å²) in [7, 11) is -3.88. The third-order valence-electron chi connectivity index (χ3n) is 7.47. The maximum atomic E-state index is 11.8. The van der Waals surface area contributed by atoms with Gasteiger partial charge in [-0.3, -0.25) is 9.78 Å². The predicted molar refractivity (Wildman–Crippen MR) is 157 cm³/mol. The molecule has 0 aliphatic carbocycles. The maximum Gasteiger partial charge on any atom is 0.303 e. The number of aromatic nitrogens is 3. The quantitative estimate of drug-likeness (QED) is 0.241. The summed E-state index contributed by atoms with van der Waals surface area (Å²) in [4.78, 5) is 16.3. The first kappa shape index (κ1) is 28.5. The van der Waals surface area contributed by atoms with E-state index in [1.165, 1.54) is 12.1 Å². The number of anilines is 1. The van der Waals surface area contributed by atoms with Crippen molar-refractivity contribution >= 4 is 21.7 Å². The minimum atomic E-state index is -3.88. The van der Waals surface area contributed by atoms with E-state index >= 15 is 0 Å². The van der Waals surface area contributed by atoms with Crippen LogP contribution in [0.25, 0.3) is 16.9 Å². The molecule has 0 saturated carbocycles. The molecule has 1 unspecified atom stereocenters. The molecule has 0 saturated heterocycles. The summed E-state index contributed by atoms with van der Waals surface area (Å²) in [6.45, 7) is 3.10. The number of hydrogen-bond donors (Lipinski definition) is 3. The van der Waals surface area contributed by atoms with Gasteiger partial charge in [0, 0.05) is 24.7 Å². The van der Waals surface area contributed by atoms with Gasteiger partial charge >= 0.3 is 5.97 Å². The summed E-state index contributed by atoms with van der Waals surface area (Å²) in [5.41, 5.74) is 5.39. The number of nitrogens with two attached hydrogens (primary N) is 1. The first-order valence-electron chi connectivity index (χ1n) is 13.9. The van der Waals surface area contributed by atoms with Crippen molar-refractivity contribution in [2.75, 3.05) is 25.3 Å². The Morgan fingerprint density at radius 1 is 1.16 bits per heavy atom. The molecule has 2 aromatic carbocycles. The maximum absolute atomic E-state index is 11.8. The standard InChI is InChI=1S/C30H31N5O7S/c1-18(15-28(36)37)22-9-11-26-30(42-17-41-26)29(22)25-16-27(35(34-25)20-5-7-21(8-6-20)43(31,38)39)40-14-12-19-4-10-23-24(33-19)3-2-13-32-23/h4-11,16,18,32H,2-3,12-15,17H2,1H3,(H,36,37)(H2,31,38,39). The number of primary sulfonamides is 1. The van der Waals surface area contributed by atoms with Crippen LogP contribution in [0.3, 0.4) is 0 Å². The fourth-order valence-corrected chi connectivity index (χ4v) is 5.88. The first-order valence-corrected chi connectivity index (χ1v) is 15.5. The number of carboxylic acids is 1. The highest BCUT2D eigenvalue weighted by molar-refractivity contribution is 7.89. The van der Waals surface area contributed by atoms with Crippen molar-refractivity contribution in [3.05, 3.63) is 71.5 Å². The second-order valence-electron chi connectivity index (χ2n) is 10.5. The Hall–Kier alpha value is -4.62. The molecule has 4 heterocycles. The Morgan fingerprint density at radius 2 is 1.98 bits per heavy atom. The van der Waals surface area contributed by atoms with Gasteiger partial charge in [-0.1, -0.05) is 13.0 Å². The molecule has 4 N–H and O–H groups in total. The van der Waals surface area contributed by atoms with Gasteiger partial charge in [0.25, 0.3) is 0 Å². The molecule has 0 radical (unpaired) electrons. The molecular weight excluding hydrogens is 574 g/mol. The predicted octanol–water partition coefficient (Wildman–Crippen LogP) is 3.87. The van der Waals surface area contributed by atoms with Crippen LogP contribution < -0.4 is 24.7 Å². The minimum absolute atomic E-state index is 0.0293. The molecule has 13 heteroatoms. The lowest BCUT2D eigenvalue weighted by molar-refractivity contribution is -0.137. The van der Waals surface area contributed by atoms with Gasteiger partial charge in [0.1, 0.15) is 5.69 Å². The Balaban J connectivity index is 1.37. The van der Waals surface area contributed by atoms with Crippen LogP contribution in [-0.4, -0.2) is 54.2 Å². The van der Waals surface area contributed by atoms with E-state index in [2.05, 4.69) is 5.32 Å². The number of hydrogen-bond acceptors (Lipinski definition) is 9. The number of carboxylic acid groups (broad SMARTS) is 1. The van der Waals surface area contributed by atoms with Crippen LogP contribution >= 0.6 is 0 Å². The van der Waals surface area contributed by atoms with Gasteiger partial charge in [-0.25, -0.2) is 18.2 Å². The van der Waals surface area contributed by atoms with Crippen molar-refractivity contribution in [3.8, 4) is 34.3 Å². The molecule has 43 heavy (non-hydrogen) atoms. The first-order chi connectivity index (χ1) is 20.7. The Morgan fingerprint density at radius 3 is 2.74 bits per heavy atom. The van der Waals surface area contributed by atoms with Crippen LogP contribution in [0.1, 0.15) is 42.6 Å². The van der Waals surface area contributed by atoms with Gasteiger partial charge in [0.2, 0.25) is 22.7 Å². The summed E-state index contributed by atoms with van der Waals surface area (Å²) in [6, 6.07) is 15.4. The third-order valence-corrected chi connectivity index (χ3v) is 8.40. The lowest BCUT2D eigenvalue weighted by Gasteiger charge is -2.17. The molecular formula is C30H31N5O7S. The molecule has 224 valence electrons. The fraction of sp³-hybridized carbons (Fsp3) is 0.300. The van der Waals surface area contributed by atoms with Crippen molar-refractivity contribution < 1.29 is 32.5 Å². The summed E-state index contributed by atoms with van der Waals surface area (Å²) >= 11 is 0. The lowest BCUT2D eigenvalue weighted by atomic mass is 9.91. The molecule has 4 aromatic rings. The van der Waals surface area contributed by atoms with Crippen LogP contribution in [0.15, 0.2) is 59.5 Å². The molecule has 2 aliphatic rings. The smallest absolute Gasteiger partial charge is 0.303 e. The summed E-state index contributed by atoms with van der Waals surface area (Å²) < 4.78 is 42.9. The molecule has 0 spiro atoms. The number of benzene rings is 2. The fourth-order valence-electron chi connectivity index (χ4n) is 5.36. The largest absolute Gasteiger partial charge is 0.481 e. The highest BCUT2D eigenvalue weighted by atomic mass is 32.2. The number of aliphatic carboxylic acids is 1. The van der Waals surface area contributed by atoms with Gasteiger partial charge in [-0.05, 0) is 66.8 Å². The molecule has 2 aromatic heterocycles. The number of nitrogens with zero attached hydrogens (tertiary/aromatic N) is 3. The van der Waals surface area contributed by atoms with E-state index in [4.69, 9.17) is 29.4 Å². The topological polar surface area (TPSA) is 168 Å². The van der Waals surface area contributed by atoms with Crippen molar-refractivity contribution in [2.24, 2.45) is 5.14 Å². The van der Waals surface area contributed by atoms with Crippen LogP contribution in [0, 0.1) is 0 Å². The summed E-state index contributed by atoms with van der Waals surface area (Å²) in [5, 5.41) is 23.0. The van der Waals surface area contributed by atoms with E-state index in [-0.39, 0.29) is 24.0 Å². The van der Waals surface area contributed by atoms with Gasteiger partial charge in [0.05, 0.1) is 40.6 Å². The Bertz CT molecular complexity index is 1790. The highest BCUT2D eigenvalue weighted by Crippen LogP contribution is 2.46. The van der Waals surface area contributed by atoms with Crippen molar-refractivity contribution in [1.82, 2.24) is 14.8 Å². The van der Waals surface area contributed by atoms with Gasteiger partial charge < -0.3 is 24.6 Å². The van der Waals surface area contributed by atoms with E-state index < -0.39 is 16.0 Å². The van der Waals surface area contributed by atoms with Gasteiger partial charge in [0.15, 0.2) is 11.5 Å². The van der Waals surface area contributed by atoms with E-state index in [0.717, 1.165) is 42.0 Å². The molecule has 2 aliphatic heterocycles. The monoisotopic (exact) mass is 605 g/mol. The minimum Gasteiger partial charge on any atom is -0.481 e. The van der Waals surface area contributed by atoms with Crippen molar-refractivity contribution in [2.45, 2.75) is 43.4 Å². The SMILES string of the molecule is CC(CC(=O)O)c1ccc2c(c1-c1cc(OCCc3ccc4c(n3)CCCN4)n(-c3ccc(S(N)(=O)=O)cc3)n1)OCO2. The van der Waals surface area contributed by atoms with Crippen LogP contribution in [-0.2, 0) is 27.7 Å². The number of ether oxygens (including phenoxy) is 3. The summed E-state index contributed by atoms with van der Waals surface area (Å²) in [6.07, 6.45) is 2.43. The molecule has 0 fully saturated rings. The van der Waals surface area contributed by atoms with Crippen LogP contribution in [0.5, 0.6) is 17.4 Å². The van der Waals surface area contributed by atoms with E-state index in [1.54, 1.807) is 28.9 Å². The van der Waals surface area contributed by atoms with E-state index in [1.807, 2.05) is 25.1 Å². The third kappa shape index (κ3) is 5.99. The number of sulfonamides is 1. The van der Waals surface area contributed by atoms with Crippen molar-refractivity contribution in [3.63, 3.8) is 0 Å². The molecule has 6 rings (SSSR count). The molecule has 0 amide bonds. The number of rotatable bonds is 10. The zero-order valence-electron chi connectivity index (χ0n) is 23.4.